The Balaban J connectivity index is 1.41. The van der Waals surface area contributed by atoms with Gasteiger partial charge in [-0.15, -0.1) is 16.4 Å². The third-order valence-corrected chi connectivity index (χ3v) is 6.40. The van der Waals surface area contributed by atoms with Gasteiger partial charge >= 0.3 is 0 Å². The van der Waals surface area contributed by atoms with Gasteiger partial charge in [0.05, 0.1) is 11.4 Å². The maximum atomic E-state index is 13.6. The SMILES string of the molecule is O=C(Nc1nc(-c2ccccc2)cs1)c1c(Nc2ccccc2)nn2c(-c3ccccc3)ccnc12. The van der Waals surface area contributed by atoms with Gasteiger partial charge in [0.1, 0.15) is 5.56 Å². The van der Waals surface area contributed by atoms with E-state index in [1.807, 2.05) is 102 Å². The van der Waals surface area contributed by atoms with Crippen LogP contribution >= 0.6 is 11.3 Å². The first-order valence-corrected chi connectivity index (χ1v) is 12.2. The summed E-state index contributed by atoms with van der Waals surface area (Å²) in [6.45, 7) is 0. The van der Waals surface area contributed by atoms with Crippen LogP contribution in [0.1, 0.15) is 10.4 Å². The summed E-state index contributed by atoms with van der Waals surface area (Å²) in [4.78, 5) is 22.8. The number of nitrogens with zero attached hydrogens (tertiary/aromatic N) is 4. The van der Waals surface area contributed by atoms with Crippen LogP contribution in [0.4, 0.5) is 16.6 Å². The number of hydrogen-bond acceptors (Lipinski definition) is 6. The van der Waals surface area contributed by atoms with Gasteiger partial charge in [-0.2, -0.15) is 0 Å². The lowest BCUT2D eigenvalue weighted by Gasteiger charge is -2.06. The predicted octanol–water partition coefficient (Wildman–Crippen LogP) is 6.52. The van der Waals surface area contributed by atoms with Gasteiger partial charge in [-0.3, -0.25) is 10.1 Å². The molecule has 2 N–H and O–H groups in total. The van der Waals surface area contributed by atoms with Gasteiger partial charge in [0.2, 0.25) is 0 Å². The Morgan fingerprint density at radius 3 is 2.19 bits per heavy atom. The van der Waals surface area contributed by atoms with Crippen LogP contribution in [0.25, 0.3) is 28.2 Å². The molecule has 3 aromatic carbocycles. The average Bonchev–Trinajstić information content (AvgIpc) is 3.54. The van der Waals surface area contributed by atoms with Crippen LogP contribution in [0.15, 0.2) is 109 Å². The van der Waals surface area contributed by atoms with E-state index in [4.69, 9.17) is 5.10 Å². The molecule has 0 atom stereocenters. The van der Waals surface area contributed by atoms with Crippen LogP contribution in [-0.2, 0) is 0 Å². The molecule has 0 bridgehead atoms. The summed E-state index contributed by atoms with van der Waals surface area (Å²) in [5.41, 5.74) is 5.21. The number of nitrogens with one attached hydrogen (secondary N) is 2. The molecule has 0 spiro atoms. The van der Waals surface area contributed by atoms with Gasteiger partial charge in [-0.25, -0.2) is 14.5 Å². The highest BCUT2D eigenvalue weighted by Gasteiger charge is 2.24. The van der Waals surface area contributed by atoms with Gasteiger partial charge in [0, 0.05) is 28.4 Å². The van der Waals surface area contributed by atoms with Crippen molar-refractivity contribution in [3.8, 4) is 22.5 Å². The van der Waals surface area contributed by atoms with Crippen molar-refractivity contribution in [1.82, 2.24) is 19.6 Å². The largest absolute Gasteiger partial charge is 0.338 e. The lowest BCUT2D eigenvalue weighted by molar-refractivity contribution is 0.102. The summed E-state index contributed by atoms with van der Waals surface area (Å²) in [5, 5.41) is 13.4. The third kappa shape index (κ3) is 4.21. The second-order valence-electron chi connectivity index (χ2n) is 8.00. The third-order valence-electron chi connectivity index (χ3n) is 5.65. The molecule has 0 aliphatic heterocycles. The van der Waals surface area contributed by atoms with E-state index in [2.05, 4.69) is 20.6 Å². The van der Waals surface area contributed by atoms with E-state index in [1.54, 1.807) is 10.7 Å². The van der Waals surface area contributed by atoms with Gasteiger partial charge in [0.25, 0.3) is 5.91 Å². The first-order chi connectivity index (χ1) is 17.8. The van der Waals surface area contributed by atoms with E-state index in [0.29, 0.717) is 22.2 Å². The average molecular weight is 489 g/mol. The monoisotopic (exact) mass is 488 g/mol. The van der Waals surface area contributed by atoms with Gasteiger partial charge < -0.3 is 5.32 Å². The minimum Gasteiger partial charge on any atom is -0.338 e. The summed E-state index contributed by atoms with van der Waals surface area (Å²) in [7, 11) is 0. The number of hydrogen-bond donors (Lipinski definition) is 2. The molecule has 0 unspecified atom stereocenters. The second kappa shape index (κ2) is 9.44. The zero-order chi connectivity index (χ0) is 24.3. The van der Waals surface area contributed by atoms with Crippen LogP contribution in [0, 0.1) is 0 Å². The maximum Gasteiger partial charge on any atom is 0.265 e. The summed E-state index contributed by atoms with van der Waals surface area (Å²) < 4.78 is 1.70. The van der Waals surface area contributed by atoms with Crippen molar-refractivity contribution in [3.63, 3.8) is 0 Å². The Labute approximate surface area is 211 Å². The van der Waals surface area contributed by atoms with Gasteiger partial charge in [0.15, 0.2) is 16.6 Å². The van der Waals surface area contributed by atoms with Crippen molar-refractivity contribution >= 4 is 39.5 Å². The number of amides is 1. The quantitative estimate of drug-likeness (QED) is 0.279. The van der Waals surface area contributed by atoms with Crippen molar-refractivity contribution in [1.29, 1.82) is 0 Å². The molecule has 1 amide bonds. The van der Waals surface area contributed by atoms with Crippen molar-refractivity contribution < 1.29 is 4.79 Å². The Kier molecular flexibility index (Phi) is 5.69. The molecular formula is C28H20N6OS. The van der Waals surface area contributed by atoms with Crippen LogP contribution in [-0.4, -0.2) is 25.5 Å². The highest BCUT2D eigenvalue weighted by molar-refractivity contribution is 7.14. The number of para-hydroxylation sites is 1. The van der Waals surface area contributed by atoms with E-state index >= 15 is 0 Å². The number of thiazole rings is 1. The van der Waals surface area contributed by atoms with Gasteiger partial charge in [-0.1, -0.05) is 78.9 Å². The molecule has 3 heterocycles. The van der Waals surface area contributed by atoms with E-state index in [-0.39, 0.29) is 5.91 Å². The van der Waals surface area contributed by atoms with Gasteiger partial charge in [-0.05, 0) is 18.2 Å². The summed E-state index contributed by atoms with van der Waals surface area (Å²) in [6, 6.07) is 31.3. The first-order valence-electron chi connectivity index (χ1n) is 11.3. The molecule has 8 heteroatoms. The molecule has 0 saturated carbocycles. The second-order valence-corrected chi connectivity index (χ2v) is 8.86. The summed E-state index contributed by atoms with van der Waals surface area (Å²) >= 11 is 1.37. The van der Waals surface area contributed by atoms with Crippen molar-refractivity contribution in [3.05, 3.63) is 114 Å². The molecule has 3 aromatic heterocycles. The number of fused-ring (bicyclic) bond motifs is 1. The number of rotatable bonds is 6. The molecule has 6 rings (SSSR count). The Hall–Kier alpha value is -4.82. The number of aromatic nitrogens is 4. The van der Waals surface area contributed by atoms with E-state index in [1.165, 1.54) is 11.3 Å². The molecule has 0 radical (unpaired) electrons. The van der Waals surface area contributed by atoms with Crippen LogP contribution in [0.2, 0.25) is 0 Å². The molecule has 0 fully saturated rings. The highest BCUT2D eigenvalue weighted by Crippen LogP contribution is 2.30. The topological polar surface area (TPSA) is 84.2 Å². The molecular weight excluding hydrogens is 468 g/mol. The van der Waals surface area contributed by atoms with Crippen LogP contribution in [0.3, 0.4) is 0 Å². The minimum absolute atomic E-state index is 0.338. The number of carbonyl (C=O) groups excluding carboxylic acids is 1. The molecule has 0 saturated heterocycles. The fraction of sp³-hybridized carbons (Fsp3) is 0. The van der Waals surface area contributed by atoms with E-state index in [9.17, 15) is 4.79 Å². The fourth-order valence-corrected chi connectivity index (χ4v) is 4.67. The fourth-order valence-electron chi connectivity index (χ4n) is 3.96. The van der Waals surface area contributed by atoms with Crippen LogP contribution in [0.5, 0.6) is 0 Å². The molecule has 7 nitrogen and oxygen atoms in total. The normalized spacial score (nSPS) is 10.9. The maximum absolute atomic E-state index is 13.6. The van der Waals surface area contributed by atoms with Crippen molar-refractivity contribution in [2.24, 2.45) is 0 Å². The molecule has 174 valence electrons. The lowest BCUT2D eigenvalue weighted by Crippen LogP contribution is -2.13. The zero-order valence-corrected chi connectivity index (χ0v) is 19.8. The predicted molar refractivity (Wildman–Crippen MR) is 144 cm³/mol. The molecule has 6 aromatic rings. The smallest absolute Gasteiger partial charge is 0.265 e. The number of anilines is 3. The summed E-state index contributed by atoms with van der Waals surface area (Å²) in [5.74, 6) is 0.0736. The van der Waals surface area contributed by atoms with Crippen molar-refractivity contribution in [2.45, 2.75) is 0 Å². The molecule has 0 aliphatic carbocycles. The number of carbonyl (C=O) groups is 1. The standard InChI is InChI=1S/C28H20N6OS/c35-27(32-28-31-22(18-36-28)19-10-4-1-5-11-19)24-25(30-21-14-8-3-9-15-21)33-34-23(16-17-29-26(24)34)20-12-6-2-7-13-20/h1-18H,(H,30,33)(H,31,32,35). The number of benzene rings is 3. The Morgan fingerprint density at radius 1 is 0.806 bits per heavy atom. The van der Waals surface area contributed by atoms with E-state index in [0.717, 1.165) is 28.2 Å². The summed E-state index contributed by atoms with van der Waals surface area (Å²) in [6.07, 6.45) is 1.69. The highest BCUT2D eigenvalue weighted by atomic mass is 32.1. The lowest BCUT2D eigenvalue weighted by atomic mass is 10.1. The van der Waals surface area contributed by atoms with E-state index < -0.39 is 0 Å². The zero-order valence-electron chi connectivity index (χ0n) is 19.0. The van der Waals surface area contributed by atoms with Crippen LogP contribution < -0.4 is 10.6 Å². The Bertz CT molecular complexity index is 1650. The molecule has 0 aliphatic rings. The minimum atomic E-state index is -0.338. The van der Waals surface area contributed by atoms with Crippen molar-refractivity contribution in [2.75, 3.05) is 10.6 Å². The molecule has 36 heavy (non-hydrogen) atoms. The first kappa shape index (κ1) is 21.7. The Morgan fingerprint density at radius 2 is 1.47 bits per heavy atom.